The molecule has 0 saturated carbocycles. The molecule has 2 fully saturated rings. The lowest BCUT2D eigenvalue weighted by atomic mass is 9.79. The number of hydrogen-bond donors (Lipinski definition) is 0. The summed E-state index contributed by atoms with van der Waals surface area (Å²) in [5.41, 5.74) is 0. The highest BCUT2D eigenvalue weighted by molar-refractivity contribution is 6.74. The molecule has 0 aromatic heterocycles. The van der Waals surface area contributed by atoms with Gasteiger partial charge >= 0.3 is 0 Å². The van der Waals surface area contributed by atoms with Gasteiger partial charge in [0.2, 0.25) is 0 Å². The summed E-state index contributed by atoms with van der Waals surface area (Å²) < 4.78 is 34.3. The highest BCUT2D eigenvalue weighted by Gasteiger charge is 2.48. The van der Waals surface area contributed by atoms with Crippen LogP contribution in [0.3, 0.4) is 0 Å². The zero-order valence-corrected chi connectivity index (χ0v) is 39.1. The maximum Gasteiger partial charge on any atom is 0.192 e. The van der Waals surface area contributed by atoms with Crippen molar-refractivity contribution in [2.24, 2.45) is 35.5 Å². The Morgan fingerprint density at radius 2 is 1.36 bits per heavy atom. The highest BCUT2D eigenvalue weighted by Crippen LogP contribution is 2.46. The van der Waals surface area contributed by atoms with Crippen molar-refractivity contribution in [2.45, 2.75) is 214 Å². The summed E-state index contributed by atoms with van der Waals surface area (Å²) >= 11 is 0. The molecule has 2 rings (SSSR count). The van der Waals surface area contributed by atoms with Gasteiger partial charge in [-0.2, -0.15) is 0 Å². The Labute approximate surface area is 330 Å². The molecule has 2 heterocycles. The molecule has 0 bridgehead atoms. The third-order valence-corrected chi connectivity index (χ3v) is 23.3. The van der Waals surface area contributed by atoms with Crippen LogP contribution in [0.15, 0.2) is 24.8 Å². The van der Waals surface area contributed by atoms with Gasteiger partial charge in [0, 0.05) is 25.9 Å². The van der Waals surface area contributed by atoms with E-state index in [2.05, 4.69) is 103 Å². The Kier molecular flexibility index (Phi) is 21.0. The summed E-state index contributed by atoms with van der Waals surface area (Å²) in [5, 5.41) is 0. The lowest BCUT2D eigenvalue weighted by molar-refractivity contribution is -0.338. The Bertz CT molecular complexity index is 1070. The first kappa shape index (κ1) is 48.5. The summed E-state index contributed by atoms with van der Waals surface area (Å²) in [6, 6.07) is 6.45. The van der Waals surface area contributed by atoms with Crippen molar-refractivity contribution in [1.82, 2.24) is 0 Å². The second-order valence-corrected chi connectivity index (χ2v) is 27.2. The maximum atomic E-state index is 14.1. The van der Waals surface area contributed by atoms with Gasteiger partial charge in [-0.05, 0) is 117 Å². The van der Waals surface area contributed by atoms with E-state index in [0.717, 1.165) is 87.6 Å². The molecule has 6 nitrogen and oxygen atoms in total. The van der Waals surface area contributed by atoms with Gasteiger partial charge in [0.25, 0.3) is 0 Å². The molecule has 1 spiro atoms. The van der Waals surface area contributed by atoms with Crippen LogP contribution in [0.25, 0.3) is 0 Å². The van der Waals surface area contributed by atoms with Gasteiger partial charge in [-0.3, -0.25) is 4.79 Å². The summed E-state index contributed by atoms with van der Waals surface area (Å²) in [6.45, 7) is 33.4. The van der Waals surface area contributed by atoms with Gasteiger partial charge in [0.05, 0.1) is 24.4 Å². The van der Waals surface area contributed by atoms with E-state index < -0.39 is 22.4 Å². The number of carbonyl (C=O) groups excluding carboxylic acids is 1. The fraction of sp³-hybridized carbons (Fsp3) is 0.889. The SMILES string of the molecule is C=C[C@@H](C)CC[C@@H]1O[C@@]2(CC[C@H]1C)CC[C@H](C)[C@H]([C@H](C)CC[C@H](O[Si](CC)(CC)CC)[C@H](C)C(=O)/C=C/[C@H](OC)[C@H](O[Si](CC)(CC)CC)C(C)C)O2. The smallest absolute Gasteiger partial charge is 0.192 e. The van der Waals surface area contributed by atoms with Crippen LogP contribution in [0.2, 0.25) is 36.3 Å². The third kappa shape index (κ3) is 13.5. The molecule has 0 amide bonds. The Morgan fingerprint density at radius 3 is 1.87 bits per heavy atom. The van der Waals surface area contributed by atoms with Gasteiger partial charge < -0.3 is 23.1 Å². The number of ether oxygens (including phenoxy) is 3. The number of hydrogen-bond acceptors (Lipinski definition) is 6. The topological polar surface area (TPSA) is 63.2 Å². The minimum Gasteiger partial charge on any atom is -0.413 e. The van der Waals surface area contributed by atoms with Crippen molar-refractivity contribution in [3.05, 3.63) is 24.8 Å². The standard InChI is InChI=1S/C45H86O6Si2/c1-16-34(10)23-26-40-35(11)29-31-45(48-40)32-30-37(13)44(49-45)36(12)24-27-41(50-52(17-2,18-3)19-4)38(14)39(46)25-28-42(47-15)43(33(8)9)51-53(20-5,21-6)22-7/h16,25,28,33-38,40-44H,1,17-24,26-27,29-32H2,2-15H3/b28-25+/t34-,35-,36-,37+,38-,40+,41+,42+,43-,44+,45-/m1/s1. The Balaban J connectivity index is 2.26. The number of allylic oxidation sites excluding steroid dienone is 2. The summed E-state index contributed by atoms with van der Waals surface area (Å²) in [5.74, 6) is 1.51. The number of carbonyl (C=O) groups is 1. The minimum absolute atomic E-state index is 0.0813. The molecule has 2 aliphatic heterocycles. The molecule has 0 aromatic carbocycles. The van der Waals surface area contributed by atoms with Crippen LogP contribution in [0.1, 0.15) is 141 Å². The molecule has 0 radical (unpaired) electrons. The molecule has 0 unspecified atom stereocenters. The van der Waals surface area contributed by atoms with Crippen molar-refractivity contribution in [3.8, 4) is 0 Å². The average Bonchev–Trinajstić information content (AvgIpc) is 3.17. The Morgan fingerprint density at radius 1 is 0.811 bits per heavy atom. The predicted octanol–water partition coefficient (Wildman–Crippen LogP) is 12.5. The van der Waals surface area contributed by atoms with Crippen LogP contribution in [0, 0.1) is 35.5 Å². The van der Waals surface area contributed by atoms with Crippen LogP contribution < -0.4 is 0 Å². The number of methoxy groups -OCH3 is 1. The van der Waals surface area contributed by atoms with Crippen molar-refractivity contribution < 1.29 is 27.9 Å². The van der Waals surface area contributed by atoms with Crippen LogP contribution in [-0.4, -0.2) is 65.8 Å². The first-order valence-corrected chi connectivity index (χ1v) is 27.2. The first-order valence-electron chi connectivity index (χ1n) is 22.2. The third-order valence-electron chi connectivity index (χ3n) is 14.0. The largest absolute Gasteiger partial charge is 0.413 e. The lowest BCUT2D eigenvalue weighted by Crippen LogP contribution is -2.53. The molecule has 53 heavy (non-hydrogen) atoms. The molecular formula is C45H86O6Si2. The monoisotopic (exact) mass is 779 g/mol. The zero-order valence-electron chi connectivity index (χ0n) is 37.1. The van der Waals surface area contributed by atoms with Crippen molar-refractivity contribution in [2.75, 3.05) is 7.11 Å². The van der Waals surface area contributed by atoms with Crippen molar-refractivity contribution >= 4 is 22.4 Å². The molecular weight excluding hydrogens is 693 g/mol. The molecule has 0 aliphatic carbocycles. The van der Waals surface area contributed by atoms with E-state index in [4.69, 9.17) is 23.1 Å². The Hall–Kier alpha value is -0.616. The van der Waals surface area contributed by atoms with Gasteiger partial charge in [0.15, 0.2) is 28.2 Å². The van der Waals surface area contributed by atoms with Crippen LogP contribution >= 0.6 is 0 Å². The first-order chi connectivity index (χ1) is 25.1. The predicted molar refractivity (Wildman–Crippen MR) is 229 cm³/mol. The van der Waals surface area contributed by atoms with E-state index in [1.807, 2.05) is 6.08 Å². The second kappa shape index (κ2) is 23.0. The number of ketones is 1. The second-order valence-electron chi connectivity index (χ2n) is 17.7. The average molecular weight is 779 g/mol. The van der Waals surface area contributed by atoms with E-state index in [9.17, 15) is 4.79 Å². The molecule has 8 heteroatoms. The summed E-state index contributed by atoms with van der Waals surface area (Å²) in [4.78, 5) is 14.1. The van der Waals surface area contributed by atoms with E-state index >= 15 is 0 Å². The van der Waals surface area contributed by atoms with Gasteiger partial charge in [-0.15, -0.1) is 6.58 Å². The maximum absolute atomic E-state index is 14.1. The van der Waals surface area contributed by atoms with Crippen molar-refractivity contribution in [3.63, 3.8) is 0 Å². The molecule has 2 aliphatic rings. The fourth-order valence-electron chi connectivity index (χ4n) is 9.00. The van der Waals surface area contributed by atoms with Crippen molar-refractivity contribution in [1.29, 1.82) is 0 Å². The molecule has 2 saturated heterocycles. The highest BCUT2D eigenvalue weighted by atomic mass is 28.4. The zero-order chi connectivity index (χ0) is 40.0. The van der Waals surface area contributed by atoms with E-state index in [1.165, 1.54) is 0 Å². The van der Waals surface area contributed by atoms with Gasteiger partial charge in [-0.25, -0.2) is 0 Å². The van der Waals surface area contributed by atoms with Crippen LogP contribution in [-0.2, 0) is 27.9 Å². The summed E-state index contributed by atoms with van der Waals surface area (Å²) in [7, 11) is -2.10. The van der Waals surface area contributed by atoms with Crippen LogP contribution in [0.5, 0.6) is 0 Å². The molecule has 0 aromatic rings. The van der Waals surface area contributed by atoms with Gasteiger partial charge in [0.1, 0.15) is 6.10 Å². The van der Waals surface area contributed by atoms with Gasteiger partial charge in [-0.1, -0.05) is 96.1 Å². The molecule has 0 N–H and O–H groups in total. The van der Waals surface area contributed by atoms with Crippen LogP contribution in [0.4, 0.5) is 0 Å². The molecule has 11 atom stereocenters. The quantitative estimate of drug-likeness (QED) is 0.0522. The molecule has 310 valence electrons. The number of rotatable bonds is 25. The fourth-order valence-corrected chi connectivity index (χ4v) is 14.9. The van der Waals surface area contributed by atoms with E-state index in [1.54, 1.807) is 13.2 Å². The minimum atomic E-state index is -1.98. The summed E-state index contributed by atoms with van der Waals surface area (Å²) in [6.07, 6.45) is 13.9. The lowest BCUT2D eigenvalue weighted by Gasteiger charge is -2.51. The normalized spacial score (nSPS) is 27.8. The van der Waals surface area contributed by atoms with E-state index in [-0.39, 0.29) is 48.1 Å². The van der Waals surface area contributed by atoms with E-state index in [0.29, 0.717) is 23.7 Å².